The summed E-state index contributed by atoms with van der Waals surface area (Å²) in [6.45, 7) is 0.525. The van der Waals surface area contributed by atoms with Crippen LogP contribution in [-0.2, 0) is 11.3 Å². The van der Waals surface area contributed by atoms with Crippen LogP contribution in [0.3, 0.4) is 0 Å². The van der Waals surface area contributed by atoms with Crippen LogP contribution in [0.5, 0.6) is 11.5 Å². The van der Waals surface area contributed by atoms with E-state index >= 15 is 0 Å². The van der Waals surface area contributed by atoms with Gasteiger partial charge in [0.15, 0.2) is 0 Å². The van der Waals surface area contributed by atoms with Crippen LogP contribution < -0.4 is 10.1 Å². The van der Waals surface area contributed by atoms with Gasteiger partial charge in [0.05, 0.1) is 7.11 Å². The first kappa shape index (κ1) is 16.4. The van der Waals surface area contributed by atoms with E-state index < -0.39 is 6.09 Å². The van der Waals surface area contributed by atoms with Crippen LogP contribution >= 0.6 is 0 Å². The van der Waals surface area contributed by atoms with Gasteiger partial charge in [-0.2, -0.15) is 0 Å². The topological polar surface area (TPSA) is 67.8 Å². The van der Waals surface area contributed by atoms with Gasteiger partial charge in [-0.3, -0.25) is 0 Å². The fourth-order valence-electron chi connectivity index (χ4n) is 1.90. The van der Waals surface area contributed by atoms with Crippen LogP contribution in [0.25, 0.3) is 6.08 Å². The van der Waals surface area contributed by atoms with E-state index in [2.05, 4.69) is 5.32 Å². The van der Waals surface area contributed by atoms with Crippen LogP contribution in [0.1, 0.15) is 11.1 Å². The molecule has 0 unspecified atom stereocenters. The van der Waals surface area contributed by atoms with Crippen molar-refractivity contribution < 1.29 is 19.4 Å². The molecule has 0 saturated carbocycles. The first-order valence-electron chi connectivity index (χ1n) is 7.17. The van der Waals surface area contributed by atoms with E-state index in [1.165, 1.54) is 0 Å². The Bertz CT molecular complexity index is 668. The Balaban J connectivity index is 1.77. The fourth-order valence-corrected chi connectivity index (χ4v) is 1.90. The molecule has 0 fully saturated rings. The molecule has 120 valence electrons. The number of amides is 1. The maximum absolute atomic E-state index is 11.6. The van der Waals surface area contributed by atoms with Gasteiger partial charge in [0.2, 0.25) is 0 Å². The van der Waals surface area contributed by atoms with Crippen LogP contribution in [0.4, 0.5) is 4.79 Å². The first-order valence-corrected chi connectivity index (χ1v) is 7.17. The van der Waals surface area contributed by atoms with E-state index in [1.807, 2.05) is 30.3 Å². The van der Waals surface area contributed by atoms with Gasteiger partial charge in [0.1, 0.15) is 18.1 Å². The molecule has 0 saturated heterocycles. The zero-order valence-corrected chi connectivity index (χ0v) is 12.9. The third-order valence-corrected chi connectivity index (χ3v) is 3.11. The summed E-state index contributed by atoms with van der Waals surface area (Å²) >= 11 is 0. The molecule has 1 amide bonds. The Kier molecular flexibility index (Phi) is 6.06. The summed E-state index contributed by atoms with van der Waals surface area (Å²) in [5, 5.41) is 12.3. The van der Waals surface area contributed by atoms with Crippen molar-refractivity contribution in [1.29, 1.82) is 0 Å². The quantitative estimate of drug-likeness (QED) is 0.858. The number of nitrogens with one attached hydrogen (secondary N) is 1. The molecule has 0 bridgehead atoms. The van der Waals surface area contributed by atoms with Crippen molar-refractivity contribution in [2.75, 3.05) is 13.7 Å². The zero-order chi connectivity index (χ0) is 16.5. The van der Waals surface area contributed by atoms with Gasteiger partial charge in [-0.05, 0) is 23.8 Å². The summed E-state index contributed by atoms with van der Waals surface area (Å²) in [7, 11) is 1.56. The van der Waals surface area contributed by atoms with Crippen molar-refractivity contribution in [3.8, 4) is 11.5 Å². The number of hydrogen-bond acceptors (Lipinski definition) is 4. The smallest absolute Gasteiger partial charge is 0.407 e. The summed E-state index contributed by atoms with van der Waals surface area (Å²) in [5.74, 6) is 0.798. The molecule has 0 heterocycles. The van der Waals surface area contributed by atoms with Crippen molar-refractivity contribution in [3.05, 3.63) is 65.7 Å². The number of phenols is 1. The number of hydrogen-bond donors (Lipinski definition) is 2. The lowest BCUT2D eigenvalue weighted by Gasteiger charge is -2.05. The molecule has 0 aliphatic rings. The van der Waals surface area contributed by atoms with Crippen LogP contribution in [0, 0.1) is 0 Å². The monoisotopic (exact) mass is 313 g/mol. The van der Waals surface area contributed by atoms with Crippen LogP contribution in [0.2, 0.25) is 0 Å². The molecular weight excluding hydrogens is 294 g/mol. The molecule has 0 radical (unpaired) electrons. The molecule has 23 heavy (non-hydrogen) atoms. The Morgan fingerprint density at radius 1 is 1.22 bits per heavy atom. The third kappa shape index (κ3) is 5.39. The van der Waals surface area contributed by atoms with Gasteiger partial charge in [0.25, 0.3) is 0 Å². The highest BCUT2D eigenvalue weighted by molar-refractivity contribution is 5.68. The van der Waals surface area contributed by atoms with Crippen molar-refractivity contribution in [2.24, 2.45) is 0 Å². The van der Waals surface area contributed by atoms with Gasteiger partial charge >= 0.3 is 6.09 Å². The predicted octanol–water partition coefficient (Wildman–Crippen LogP) is 3.34. The SMILES string of the molecule is COc1ccc(O)c(C=CCNC(=O)OCc2ccccc2)c1. The largest absolute Gasteiger partial charge is 0.507 e. The number of benzene rings is 2. The zero-order valence-electron chi connectivity index (χ0n) is 12.9. The molecular formula is C18H19NO4. The Hall–Kier alpha value is -2.95. The summed E-state index contributed by atoms with van der Waals surface area (Å²) in [5.41, 5.74) is 1.54. The minimum Gasteiger partial charge on any atom is -0.507 e. The highest BCUT2D eigenvalue weighted by Gasteiger charge is 2.01. The van der Waals surface area contributed by atoms with Gasteiger partial charge in [-0.1, -0.05) is 42.5 Å². The second-order valence-electron chi connectivity index (χ2n) is 4.77. The second kappa shape index (κ2) is 8.48. The molecule has 0 aliphatic carbocycles. The van der Waals surface area contributed by atoms with E-state index in [1.54, 1.807) is 37.5 Å². The van der Waals surface area contributed by atoms with Crippen LogP contribution in [-0.4, -0.2) is 24.9 Å². The lowest BCUT2D eigenvalue weighted by molar-refractivity contribution is 0.141. The number of alkyl carbamates (subject to hydrolysis) is 1. The lowest BCUT2D eigenvalue weighted by atomic mass is 10.2. The molecule has 2 rings (SSSR count). The lowest BCUT2D eigenvalue weighted by Crippen LogP contribution is -2.24. The number of aromatic hydroxyl groups is 1. The van der Waals surface area contributed by atoms with Gasteiger partial charge < -0.3 is 19.9 Å². The van der Waals surface area contributed by atoms with Crippen molar-refractivity contribution in [2.45, 2.75) is 6.61 Å². The molecule has 2 aromatic carbocycles. The average molecular weight is 313 g/mol. The molecule has 5 nitrogen and oxygen atoms in total. The minimum absolute atomic E-state index is 0.147. The van der Waals surface area contributed by atoms with Crippen molar-refractivity contribution >= 4 is 12.2 Å². The van der Waals surface area contributed by atoms with Crippen molar-refractivity contribution in [1.82, 2.24) is 5.32 Å². The number of ether oxygens (including phenoxy) is 2. The van der Waals surface area contributed by atoms with Gasteiger partial charge in [-0.15, -0.1) is 0 Å². The second-order valence-corrected chi connectivity index (χ2v) is 4.77. The molecule has 2 aromatic rings. The normalized spacial score (nSPS) is 10.5. The molecule has 0 aliphatic heterocycles. The van der Waals surface area contributed by atoms with E-state index in [4.69, 9.17) is 9.47 Å². The fraction of sp³-hybridized carbons (Fsp3) is 0.167. The first-order chi connectivity index (χ1) is 11.2. The summed E-state index contributed by atoms with van der Waals surface area (Å²) in [6, 6.07) is 14.4. The average Bonchev–Trinajstić information content (AvgIpc) is 2.59. The van der Waals surface area contributed by atoms with E-state index in [9.17, 15) is 9.90 Å². The number of carbonyl (C=O) groups is 1. The van der Waals surface area contributed by atoms with E-state index in [0.29, 0.717) is 17.9 Å². The van der Waals surface area contributed by atoms with Gasteiger partial charge in [-0.25, -0.2) is 4.79 Å². The van der Waals surface area contributed by atoms with E-state index in [0.717, 1.165) is 5.56 Å². The standard InChI is InChI=1S/C18H19NO4/c1-22-16-9-10-17(20)15(12-16)8-5-11-19-18(21)23-13-14-6-3-2-4-7-14/h2-10,12,20H,11,13H2,1H3,(H,19,21). The summed E-state index contributed by atoms with van der Waals surface area (Å²) in [6.07, 6.45) is 2.93. The molecule has 0 atom stereocenters. The Labute approximate surface area is 135 Å². The summed E-state index contributed by atoms with van der Waals surface area (Å²) < 4.78 is 10.2. The van der Waals surface area contributed by atoms with E-state index in [-0.39, 0.29) is 12.4 Å². The van der Waals surface area contributed by atoms with Gasteiger partial charge in [0, 0.05) is 12.1 Å². The Morgan fingerprint density at radius 2 is 2.00 bits per heavy atom. The number of carbonyl (C=O) groups excluding carboxylic acids is 1. The molecule has 2 N–H and O–H groups in total. The predicted molar refractivity (Wildman–Crippen MR) is 88.3 cm³/mol. The third-order valence-electron chi connectivity index (χ3n) is 3.11. The maximum Gasteiger partial charge on any atom is 0.407 e. The molecule has 0 spiro atoms. The van der Waals surface area contributed by atoms with Crippen molar-refractivity contribution in [3.63, 3.8) is 0 Å². The highest BCUT2D eigenvalue weighted by atomic mass is 16.5. The molecule has 0 aromatic heterocycles. The number of methoxy groups -OCH3 is 1. The molecule has 5 heteroatoms. The highest BCUT2D eigenvalue weighted by Crippen LogP contribution is 2.23. The van der Waals surface area contributed by atoms with Crippen LogP contribution in [0.15, 0.2) is 54.6 Å². The number of rotatable bonds is 6. The number of phenolic OH excluding ortho intramolecular Hbond substituents is 1. The minimum atomic E-state index is -0.492. The maximum atomic E-state index is 11.6. The Morgan fingerprint density at radius 3 is 2.74 bits per heavy atom. The summed E-state index contributed by atoms with van der Waals surface area (Å²) in [4.78, 5) is 11.6.